The number of benzene rings is 1. The summed E-state index contributed by atoms with van der Waals surface area (Å²) in [5, 5.41) is 2.81. The molecule has 0 fully saturated rings. The van der Waals surface area contributed by atoms with Crippen LogP contribution in [-0.4, -0.2) is 12.0 Å². The van der Waals surface area contributed by atoms with E-state index in [0.29, 0.717) is 18.7 Å². The molecule has 0 amide bonds. The van der Waals surface area contributed by atoms with Crippen molar-refractivity contribution in [3.8, 4) is 0 Å². The standard InChI is InChI=1S/C18H23F3N2O/c1-3-6-14(18(19,20)21)11-16(17(24)7-4-2)23-15-9-5-8-13(10-15)12-22/h5-6,8-11,23H,3-4,7,12,22H2,1-2H3/b14-6-,16-11-. The number of Topliss-reactive ketones (excluding diaryl/α,β-unsaturated/α-hetero) is 1. The number of ketones is 1. The molecule has 1 aromatic rings. The Balaban J connectivity index is 3.22. The summed E-state index contributed by atoms with van der Waals surface area (Å²) in [5.74, 6) is -0.359. The second-order valence-electron chi connectivity index (χ2n) is 5.33. The lowest BCUT2D eigenvalue weighted by molar-refractivity contribution is -0.115. The SMILES string of the molecule is CC/C=C(/C=C(\Nc1cccc(CN)c1)C(=O)CCC)C(F)(F)F. The van der Waals surface area contributed by atoms with Crippen molar-refractivity contribution in [2.75, 3.05) is 5.32 Å². The van der Waals surface area contributed by atoms with E-state index in [2.05, 4.69) is 5.32 Å². The van der Waals surface area contributed by atoms with E-state index in [1.165, 1.54) is 0 Å². The Hall–Kier alpha value is -2.08. The minimum atomic E-state index is -4.51. The zero-order chi connectivity index (χ0) is 18.2. The number of nitrogens with two attached hydrogens (primary N) is 1. The fraction of sp³-hybridized carbons (Fsp3) is 0.389. The maximum Gasteiger partial charge on any atom is 0.416 e. The number of hydrogen-bond donors (Lipinski definition) is 2. The van der Waals surface area contributed by atoms with E-state index in [0.717, 1.165) is 17.7 Å². The molecule has 0 radical (unpaired) electrons. The molecule has 132 valence electrons. The van der Waals surface area contributed by atoms with Gasteiger partial charge in [-0.25, -0.2) is 0 Å². The molecule has 6 heteroatoms. The Morgan fingerprint density at radius 1 is 1.29 bits per heavy atom. The molecular formula is C18H23F3N2O. The van der Waals surface area contributed by atoms with Gasteiger partial charge in [-0.15, -0.1) is 0 Å². The van der Waals surface area contributed by atoms with Crippen LogP contribution in [0.1, 0.15) is 38.7 Å². The van der Waals surface area contributed by atoms with Crippen molar-refractivity contribution < 1.29 is 18.0 Å². The van der Waals surface area contributed by atoms with E-state index in [-0.39, 0.29) is 24.3 Å². The van der Waals surface area contributed by atoms with Crippen LogP contribution in [0.2, 0.25) is 0 Å². The molecular weight excluding hydrogens is 317 g/mol. The highest BCUT2D eigenvalue weighted by Gasteiger charge is 2.32. The molecule has 0 saturated carbocycles. The van der Waals surface area contributed by atoms with Gasteiger partial charge in [0.05, 0.1) is 11.3 Å². The van der Waals surface area contributed by atoms with Gasteiger partial charge in [0.15, 0.2) is 5.78 Å². The summed E-state index contributed by atoms with van der Waals surface area (Å²) < 4.78 is 39.3. The number of halogens is 3. The lowest BCUT2D eigenvalue weighted by atomic mass is 10.1. The third-order valence-corrected chi connectivity index (χ3v) is 3.27. The first-order valence-electron chi connectivity index (χ1n) is 7.90. The first-order chi connectivity index (χ1) is 11.3. The van der Waals surface area contributed by atoms with Crippen LogP contribution in [0.4, 0.5) is 18.9 Å². The Morgan fingerprint density at radius 3 is 2.54 bits per heavy atom. The van der Waals surface area contributed by atoms with Gasteiger partial charge in [0, 0.05) is 18.7 Å². The monoisotopic (exact) mass is 340 g/mol. The van der Waals surface area contributed by atoms with Crippen molar-refractivity contribution >= 4 is 11.5 Å². The van der Waals surface area contributed by atoms with Crippen LogP contribution in [0.15, 0.2) is 47.7 Å². The van der Waals surface area contributed by atoms with Crippen molar-refractivity contribution in [1.82, 2.24) is 0 Å². The second kappa shape index (κ2) is 9.27. The quantitative estimate of drug-likeness (QED) is 0.532. The molecule has 24 heavy (non-hydrogen) atoms. The molecule has 1 rings (SSSR count). The molecule has 0 bridgehead atoms. The fourth-order valence-electron chi connectivity index (χ4n) is 2.11. The summed E-state index contributed by atoms with van der Waals surface area (Å²) in [6.07, 6.45) is -1.60. The van der Waals surface area contributed by atoms with Crippen LogP contribution in [0.3, 0.4) is 0 Å². The number of allylic oxidation sites excluding steroid dienone is 4. The second-order valence-corrected chi connectivity index (χ2v) is 5.33. The lowest BCUT2D eigenvalue weighted by Gasteiger charge is -2.14. The Morgan fingerprint density at radius 2 is 2.00 bits per heavy atom. The Kier molecular flexibility index (Phi) is 7.71. The highest BCUT2D eigenvalue weighted by atomic mass is 19.4. The van der Waals surface area contributed by atoms with Gasteiger partial charge in [0.1, 0.15) is 0 Å². The third kappa shape index (κ3) is 6.20. The number of nitrogens with one attached hydrogen (secondary N) is 1. The molecule has 0 aromatic heterocycles. The van der Waals surface area contributed by atoms with E-state index in [4.69, 9.17) is 5.73 Å². The molecule has 0 aliphatic rings. The van der Waals surface area contributed by atoms with Crippen LogP contribution in [0, 0.1) is 0 Å². The third-order valence-electron chi connectivity index (χ3n) is 3.27. The van der Waals surface area contributed by atoms with E-state index in [9.17, 15) is 18.0 Å². The maximum atomic E-state index is 13.1. The molecule has 0 unspecified atom stereocenters. The van der Waals surface area contributed by atoms with Gasteiger partial charge in [-0.1, -0.05) is 32.1 Å². The summed E-state index contributed by atoms with van der Waals surface area (Å²) in [6.45, 7) is 3.73. The van der Waals surface area contributed by atoms with Gasteiger partial charge in [0.25, 0.3) is 0 Å². The number of carbonyl (C=O) groups is 1. The molecule has 0 heterocycles. The van der Waals surface area contributed by atoms with E-state index >= 15 is 0 Å². The minimum Gasteiger partial charge on any atom is -0.353 e. The predicted molar refractivity (Wildman–Crippen MR) is 90.4 cm³/mol. The van der Waals surface area contributed by atoms with E-state index in [1.807, 2.05) is 0 Å². The van der Waals surface area contributed by atoms with E-state index in [1.54, 1.807) is 38.1 Å². The van der Waals surface area contributed by atoms with Crippen LogP contribution >= 0.6 is 0 Å². The zero-order valence-corrected chi connectivity index (χ0v) is 13.9. The molecule has 3 nitrogen and oxygen atoms in total. The highest BCUT2D eigenvalue weighted by molar-refractivity contribution is 5.98. The van der Waals surface area contributed by atoms with Gasteiger partial charge in [-0.05, 0) is 36.6 Å². The van der Waals surface area contributed by atoms with Crippen LogP contribution in [0.25, 0.3) is 0 Å². The van der Waals surface area contributed by atoms with Crippen molar-refractivity contribution in [3.05, 3.63) is 53.3 Å². The molecule has 0 aliphatic heterocycles. The van der Waals surface area contributed by atoms with Crippen molar-refractivity contribution in [2.24, 2.45) is 5.73 Å². The average Bonchev–Trinajstić information content (AvgIpc) is 2.53. The summed E-state index contributed by atoms with van der Waals surface area (Å²) in [5.41, 5.74) is 6.03. The van der Waals surface area contributed by atoms with Crippen molar-refractivity contribution in [2.45, 2.75) is 45.8 Å². The summed E-state index contributed by atoms with van der Waals surface area (Å²) in [4.78, 5) is 12.2. The molecule has 0 aliphatic carbocycles. The fourth-order valence-corrected chi connectivity index (χ4v) is 2.11. The van der Waals surface area contributed by atoms with Crippen LogP contribution < -0.4 is 11.1 Å². The van der Waals surface area contributed by atoms with Gasteiger partial charge in [-0.2, -0.15) is 13.2 Å². The molecule has 3 N–H and O–H groups in total. The molecule has 0 atom stereocenters. The average molecular weight is 340 g/mol. The first-order valence-corrected chi connectivity index (χ1v) is 7.90. The highest BCUT2D eigenvalue weighted by Crippen LogP contribution is 2.28. The summed E-state index contributed by atoms with van der Waals surface area (Å²) in [6, 6.07) is 6.94. The smallest absolute Gasteiger partial charge is 0.353 e. The van der Waals surface area contributed by atoms with Crippen molar-refractivity contribution in [1.29, 1.82) is 0 Å². The number of anilines is 1. The molecule has 0 spiro atoms. The Labute approximate surface area is 140 Å². The largest absolute Gasteiger partial charge is 0.416 e. The van der Waals surface area contributed by atoms with Gasteiger partial charge in [0.2, 0.25) is 0 Å². The minimum absolute atomic E-state index is 0.0666. The van der Waals surface area contributed by atoms with Gasteiger partial charge >= 0.3 is 6.18 Å². The van der Waals surface area contributed by atoms with Gasteiger partial charge in [-0.3, -0.25) is 4.79 Å². The van der Waals surface area contributed by atoms with Crippen molar-refractivity contribution in [3.63, 3.8) is 0 Å². The summed E-state index contributed by atoms with van der Waals surface area (Å²) >= 11 is 0. The zero-order valence-electron chi connectivity index (χ0n) is 13.9. The molecule has 0 saturated heterocycles. The molecule has 1 aromatic carbocycles. The number of hydrogen-bond acceptors (Lipinski definition) is 3. The summed E-state index contributed by atoms with van der Waals surface area (Å²) in [7, 11) is 0. The Bertz CT molecular complexity index is 619. The number of carbonyl (C=O) groups excluding carboxylic acids is 1. The van der Waals surface area contributed by atoms with Crippen LogP contribution in [-0.2, 0) is 11.3 Å². The maximum absolute atomic E-state index is 13.1. The lowest BCUT2D eigenvalue weighted by Crippen LogP contribution is -2.16. The van der Waals surface area contributed by atoms with Crippen LogP contribution in [0.5, 0.6) is 0 Å². The van der Waals surface area contributed by atoms with E-state index < -0.39 is 11.7 Å². The normalized spacial score (nSPS) is 13.1. The first kappa shape index (κ1) is 20.0. The number of alkyl halides is 3. The van der Waals surface area contributed by atoms with Gasteiger partial charge < -0.3 is 11.1 Å². The number of rotatable bonds is 8. The predicted octanol–water partition coefficient (Wildman–Crippen LogP) is 4.71. The topological polar surface area (TPSA) is 55.1 Å².